The zero-order valence-corrected chi connectivity index (χ0v) is 17.5. The molecule has 0 spiro atoms. The van der Waals surface area contributed by atoms with E-state index in [-0.39, 0.29) is 28.5 Å². The van der Waals surface area contributed by atoms with Gasteiger partial charge in [-0.15, -0.1) is 0 Å². The van der Waals surface area contributed by atoms with Crippen LogP contribution in [0.25, 0.3) is 5.76 Å². The van der Waals surface area contributed by atoms with Crippen LogP contribution in [0.5, 0.6) is 17.2 Å². The molecule has 3 rings (SSSR count). The number of carbonyl (C=O) groups is 1. The Balaban J connectivity index is 2.39. The molecule has 31 heavy (non-hydrogen) atoms. The number of allylic oxidation sites excluding steroid dienone is 1. The van der Waals surface area contributed by atoms with Crippen molar-refractivity contribution in [3.63, 3.8) is 0 Å². The summed E-state index contributed by atoms with van der Waals surface area (Å²) in [6.45, 7) is 0. The van der Waals surface area contributed by atoms with E-state index in [0.717, 1.165) is 0 Å². The molecule has 0 saturated heterocycles. The molecule has 9 nitrogen and oxygen atoms in total. The molecule has 1 aromatic heterocycles. The van der Waals surface area contributed by atoms with Crippen molar-refractivity contribution >= 4 is 11.7 Å². The molecule has 1 aromatic carbocycles. The van der Waals surface area contributed by atoms with E-state index < -0.39 is 11.9 Å². The van der Waals surface area contributed by atoms with E-state index in [4.69, 9.17) is 29.4 Å². The van der Waals surface area contributed by atoms with Crippen LogP contribution < -0.4 is 19.9 Å². The minimum absolute atomic E-state index is 0.0312. The number of carbonyl (C=O) groups excluding carboxylic acids is 1. The van der Waals surface area contributed by atoms with Crippen LogP contribution in [0.3, 0.4) is 0 Å². The number of hydrogen-bond acceptors (Lipinski definition) is 9. The minimum atomic E-state index is -0.941. The molecule has 1 unspecified atom stereocenters. The minimum Gasteiger partial charge on any atom is -0.493 e. The molecule has 0 bridgehead atoms. The lowest BCUT2D eigenvalue weighted by molar-refractivity contribution is -0.136. The molecule has 0 saturated carbocycles. The molecule has 0 radical (unpaired) electrons. The second-order valence-electron chi connectivity index (χ2n) is 6.32. The SMILES string of the molecule is COC(=O)C1=C(c2ccncc2)OC(N)=C(C#N)C1c1ccc(OC)c(OC)c1OC. The summed E-state index contributed by atoms with van der Waals surface area (Å²) in [5, 5.41) is 9.86. The second kappa shape index (κ2) is 9.09. The fourth-order valence-electron chi connectivity index (χ4n) is 3.46. The van der Waals surface area contributed by atoms with Gasteiger partial charge in [0.25, 0.3) is 0 Å². The van der Waals surface area contributed by atoms with Crippen molar-refractivity contribution in [2.24, 2.45) is 5.73 Å². The maximum atomic E-state index is 12.9. The fraction of sp³-hybridized carbons (Fsp3) is 0.227. The first-order valence-corrected chi connectivity index (χ1v) is 9.11. The maximum Gasteiger partial charge on any atom is 0.338 e. The van der Waals surface area contributed by atoms with E-state index in [0.29, 0.717) is 22.6 Å². The molecular weight excluding hydrogens is 402 g/mol. The predicted octanol–water partition coefficient (Wildman–Crippen LogP) is 2.50. The van der Waals surface area contributed by atoms with Gasteiger partial charge < -0.3 is 29.4 Å². The monoisotopic (exact) mass is 423 g/mol. The molecule has 0 aliphatic carbocycles. The van der Waals surface area contributed by atoms with Gasteiger partial charge in [0.05, 0.1) is 39.9 Å². The summed E-state index contributed by atoms with van der Waals surface area (Å²) in [6, 6.07) is 8.69. The number of aromatic nitrogens is 1. The molecule has 9 heteroatoms. The van der Waals surface area contributed by atoms with E-state index in [1.165, 1.54) is 28.4 Å². The van der Waals surface area contributed by atoms with Gasteiger partial charge in [0, 0.05) is 23.5 Å². The summed E-state index contributed by atoms with van der Waals surface area (Å²) < 4.78 is 27.2. The molecule has 0 amide bonds. The first-order chi connectivity index (χ1) is 15.0. The fourth-order valence-corrected chi connectivity index (χ4v) is 3.46. The lowest BCUT2D eigenvalue weighted by atomic mass is 9.81. The lowest BCUT2D eigenvalue weighted by Crippen LogP contribution is -2.25. The second-order valence-corrected chi connectivity index (χ2v) is 6.32. The first kappa shape index (κ1) is 21.5. The predicted molar refractivity (Wildman–Crippen MR) is 110 cm³/mol. The summed E-state index contributed by atoms with van der Waals surface area (Å²) in [7, 11) is 5.65. The molecule has 2 N–H and O–H groups in total. The number of esters is 1. The van der Waals surface area contributed by atoms with Gasteiger partial charge in [0.2, 0.25) is 11.6 Å². The number of pyridine rings is 1. The molecule has 2 aromatic rings. The van der Waals surface area contributed by atoms with E-state index in [9.17, 15) is 10.1 Å². The molecular formula is C22H21N3O6. The Labute approximate surface area is 179 Å². The number of rotatable bonds is 6. The van der Waals surface area contributed by atoms with Crippen LogP contribution in [-0.2, 0) is 14.3 Å². The Morgan fingerprint density at radius 3 is 2.29 bits per heavy atom. The topological polar surface area (TPSA) is 126 Å². The number of nitrogens with two attached hydrogens (primary N) is 1. The summed E-state index contributed by atoms with van der Waals surface area (Å²) in [5.41, 5.74) is 7.22. The highest BCUT2D eigenvalue weighted by molar-refractivity contribution is 6.00. The van der Waals surface area contributed by atoms with Gasteiger partial charge in [-0.2, -0.15) is 5.26 Å². The standard InChI is InChI=1S/C22H21N3O6/c1-27-15-6-5-13(19(28-2)20(15)29-3)16-14(11-23)21(24)31-18(17(16)22(26)30-4)12-7-9-25-10-8-12/h5-10,16H,24H2,1-4H3. The van der Waals surface area contributed by atoms with E-state index >= 15 is 0 Å². The zero-order chi connectivity index (χ0) is 22.5. The van der Waals surface area contributed by atoms with Crippen molar-refractivity contribution in [3.05, 3.63) is 64.8 Å². The Kier molecular flexibility index (Phi) is 6.31. The Bertz CT molecular complexity index is 1100. The largest absolute Gasteiger partial charge is 0.493 e. The zero-order valence-electron chi connectivity index (χ0n) is 17.5. The van der Waals surface area contributed by atoms with E-state index in [1.807, 2.05) is 6.07 Å². The van der Waals surface area contributed by atoms with Crippen molar-refractivity contribution in [1.82, 2.24) is 4.98 Å². The number of nitriles is 1. The summed E-state index contributed by atoms with van der Waals surface area (Å²) in [4.78, 5) is 16.9. The molecule has 1 aliphatic rings. The van der Waals surface area contributed by atoms with Gasteiger partial charge in [-0.3, -0.25) is 4.98 Å². The normalized spacial score (nSPS) is 15.6. The average molecular weight is 423 g/mol. The highest BCUT2D eigenvalue weighted by Crippen LogP contribution is 2.49. The van der Waals surface area contributed by atoms with Crippen LogP contribution in [0, 0.1) is 11.3 Å². The van der Waals surface area contributed by atoms with E-state index in [2.05, 4.69) is 4.98 Å². The van der Waals surface area contributed by atoms with E-state index in [1.54, 1.807) is 36.7 Å². The lowest BCUT2D eigenvalue weighted by Gasteiger charge is -2.29. The third-order valence-electron chi connectivity index (χ3n) is 4.81. The molecule has 0 fully saturated rings. The van der Waals surface area contributed by atoms with Crippen LogP contribution in [0.1, 0.15) is 17.0 Å². The highest BCUT2D eigenvalue weighted by Gasteiger charge is 2.40. The van der Waals surface area contributed by atoms with Crippen LogP contribution in [0.2, 0.25) is 0 Å². The van der Waals surface area contributed by atoms with Gasteiger partial charge in [-0.25, -0.2) is 4.79 Å². The maximum absolute atomic E-state index is 12.9. The highest BCUT2D eigenvalue weighted by atomic mass is 16.5. The summed E-state index contributed by atoms with van der Waals surface area (Å²) >= 11 is 0. The van der Waals surface area contributed by atoms with Crippen molar-refractivity contribution in [3.8, 4) is 23.3 Å². The summed E-state index contributed by atoms with van der Waals surface area (Å²) in [5.74, 6) is -0.595. The van der Waals surface area contributed by atoms with Crippen LogP contribution in [-0.4, -0.2) is 39.4 Å². The number of methoxy groups -OCH3 is 4. The number of benzene rings is 1. The smallest absolute Gasteiger partial charge is 0.338 e. The summed E-state index contributed by atoms with van der Waals surface area (Å²) in [6.07, 6.45) is 3.10. The third kappa shape index (κ3) is 3.71. The molecule has 1 atom stereocenters. The van der Waals surface area contributed by atoms with Gasteiger partial charge in [0.15, 0.2) is 11.5 Å². The van der Waals surface area contributed by atoms with Crippen molar-refractivity contribution in [1.29, 1.82) is 5.26 Å². The van der Waals surface area contributed by atoms with Crippen LogP contribution in [0.4, 0.5) is 0 Å². The Hall–Kier alpha value is -4.19. The van der Waals surface area contributed by atoms with Gasteiger partial charge in [-0.1, -0.05) is 6.07 Å². The average Bonchev–Trinajstić information content (AvgIpc) is 2.82. The molecule has 2 heterocycles. The number of nitrogens with zero attached hydrogens (tertiary/aromatic N) is 2. The molecule has 1 aliphatic heterocycles. The Morgan fingerprint density at radius 2 is 1.74 bits per heavy atom. The van der Waals surface area contributed by atoms with Gasteiger partial charge in [-0.05, 0) is 18.2 Å². The third-order valence-corrected chi connectivity index (χ3v) is 4.81. The molecule has 160 valence electrons. The van der Waals surface area contributed by atoms with Crippen LogP contribution in [0.15, 0.2) is 53.7 Å². The first-order valence-electron chi connectivity index (χ1n) is 9.11. The Morgan fingerprint density at radius 1 is 1.06 bits per heavy atom. The van der Waals surface area contributed by atoms with Gasteiger partial charge >= 0.3 is 5.97 Å². The number of ether oxygens (including phenoxy) is 5. The van der Waals surface area contributed by atoms with Crippen molar-refractivity contribution < 1.29 is 28.5 Å². The van der Waals surface area contributed by atoms with Crippen LogP contribution >= 0.6 is 0 Å². The van der Waals surface area contributed by atoms with Crippen molar-refractivity contribution in [2.75, 3.05) is 28.4 Å². The van der Waals surface area contributed by atoms with Crippen molar-refractivity contribution in [2.45, 2.75) is 5.92 Å². The van der Waals surface area contributed by atoms with Gasteiger partial charge in [0.1, 0.15) is 17.4 Å². The quantitative estimate of drug-likeness (QED) is 0.697. The number of hydrogen-bond donors (Lipinski definition) is 1.